The second kappa shape index (κ2) is 9.22. The van der Waals surface area contributed by atoms with Gasteiger partial charge in [-0.15, -0.1) is 0 Å². The van der Waals surface area contributed by atoms with Crippen molar-refractivity contribution in [2.75, 3.05) is 0 Å². The van der Waals surface area contributed by atoms with E-state index in [4.69, 9.17) is 0 Å². The zero-order chi connectivity index (χ0) is 22.7. The highest BCUT2D eigenvalue weighted by atomic mass is 16.1. The van der Waals surface area contributed by atoms with E-state index in [9.17, 15) is 9.59 Å². The lowest BCUT2D eigenvalue weighted by Crippen LogP contribution is -2.27. The number of fused-ring (bicyclic) bond motifs is 1. The summed E-state index contributed by atoms with van der Waals surface area (Å²) in [5.41, 5.74) is 6.82. The maximum Gasteiger partial charge on any atom is 0.276 e. The molecular formula is C26H28N4O2. The molecule has 6 heteroatoms. The lowest BCUT2D eigenvalue weighted by Gasteiger charge is -2.08. The molecule has 0 saturated carbocycles. The van der Waals surface area contributed by atoms with E-state index < -0.39 is 0 Å². The van der Waals surface area contributed by atoms with E-state index in [2.05, 4.69) is 55.5 Å². The van der Waals surface area contributed by atoms with E-state index in [1.54, 1.807) is 21.5 Å². The monoisotopic (exact) mass is 428 g/mol. The van der Waals surface area contributed by atoms with Gasteiger partial charge in [-0.25, -0.2) is 4.52 Å². The molecule has 0 aliphatic carbocycles. The molecule has 2 aromatic carbocycles. The maximum atomic E-state index is 12.9. The molecule has 32 heavy (non-hydrogen) atoms. The Morgan fingerprint density at radius 2 is 1.72 bits per heavy atom. The van der Waals surface area contributed by atoms with Gasteiger partial charge in [0, 0.05) is 37.5 Å². The minimum absolute atomic E-state index is 0.0827. The van der Waals surface area contributed by atoms with Crippen LogP contribution in [0.15, 0.2) is 65.7 Å². The first kappa shape index (κ1) is 21.6. The molecular weight excluding hydrogens is 400 g/mol. The van der Waals surface area contributed by atoms with E-state index in [0.29, 0.717) is 18.6 Å². The van der Waals surface area contributed by atoms with Crippen molar-refractivity contribution >= 4 is 11.4 Å². The number of nitrogens with zero attached hydrogens (tertiary/aromatic N) is 3. The van der Waals surface area contributed by atoms with Crippen LogP contribution in [0.1, 0.15) is 35.6 Å². The Morgan fingerprint density at radius 1 is 0.969 bits per heavy atom. The Kier molecular flexibility index (Phi) is 6.21. The SMILES string of the molecule is CCc1ccc(CNC(=O)CCn2ccn3nc(-c4ccc(C)c(C)c4)cc3c2=O)cc1. The van der Waals surface area contributed by atoms with Crippen molar-refractivity contribution < 1.29 is 4.79 Å². The standard InChI is InChI=1S/C26H28N4O2/c1-4-20-6-8-21(9-7-20)17-27-25(31)11-12-29-13-14-30-24(26(29)32)16-23(28-30)22-10-5-18(2)19(3)15-22/h5-10,13-16H,4,11-12,17H2,1-3H3,(H,27,31). The number of rotatable bonds is 7. The second-order valence-corrected chi connectivity index (χ2v) is 8.15. The van der Waals surface area contributed by atoms with Crippen LogP contribution >= 0.6 is 0 Å². The molecule has 0 atom stereocenters. The third-order valence-corrected chi connectivity index (χ3v) is 5.91. The smallest absolute Gasteiger partial charge is 0.276 e. The number of carbonyl (C=O) groups excluding carboxylic acids is 1. The Labute approximate surface area is 187 Å². The highest BCUT2D eigenvalue weighted by Crippen LogP contribution is 2.21. The normalized spacial score (nSPS) is 11.1. The van der Waals surface area contributed by atoms with Crippen LogP contribution in [0.2, 0.25) is 0 Å². The Hall–Kier alpha value is -3.67. The number of amides is 1. The Morgan fingerprint density at radius 3 is 2.44 bits per heavy atom. The number of aromatic nitrogens is 3. The summed E-state index contributed by atoms with van der Waals surface area (Å²) < 4.78 is 3.17. The molecule has 4 aromatic rings. The fourth-order valence-electron chi connectivity index (χ4n) is 3.65. The van der Waals surface area contributed by atoms with Crippen LogP contribution in [-0.2, 0) is 24.3 Å². The Bertz CT molecular complexity index is 1320. The number of hydrogen-bond donors (Lipinski definition) is 1. The number of nitrogens with one attached hydrogen (secondary N) is 1. The molecule has 4 rings (SSSR count). The number of hydrogen-bond acceptors (Lipinski definition) is 3. The van der Waals surface area contributed by atoms with Crippen LogP contribution in [0, 0.1) is 13.8 Å². The van der Waals surface area contributed by atoms with Crippen LogP contribution in [0.4, 0.5) is 0 Å². The molecule has 0 aliphatic rings. The number of benzene rings is 2. The predicted octanol–water partition coefficient (Wildman–Crippen LogP) is 4.05. The molecule has 0 spiro atoms. The molecule has 0 bridgehead atoms. The zero-order valence-corrected chi connectivity index (χ0v) is 18.8. The largest absolute Gasteiger partial charge is 0.352 e. The molecule has 1 N–H and O–H groups in total. The van der Waals surface area contributed by atoms with Crippen LogP contribution in [0.3, 0.4) is 0 Å². The van der Waals surface area contributed by atoms with Crippen LogP contribution in [0.5, 0.6) is 0 Å². The van der Waals surface area contributed by atoms with E-state index in [-0.39, 0.29) is 17.9 Å². The topological polar surface area (TPSA) is 68.4 Å². The van der Waals surface area contributed by atoms with Gasteiger partial charge in [-0.3, -0.25) is 9.59 Å². The first-order chi connectivity index (χ1) is 15.4. The molecule has 0 fully saturated rings. The third kappa shape index (κ3) is 4.64. The number of aryl methyl sites for hydroxylation is 4. The van der Waals surface area contributed by atoms with Crippen molar-refractivity contribution in [2.45, 2.75) is 46.7 Å². The molecule has 0 radical (unpaired) electrons. The summed E-state index contributed by atoms with van der Waals surface area (Å²) >= 11 is 0. The molecule has 164 valence electrons. The summed E-state index contributed by atoms with van der Waals surface area (Å²) in [5.74, 6) is -0.0827. The van der Waals surface area contributed by atoms with Gasteiger partial charge in [0.1, 0.15) is 5.52 Å². The van der Waals surface area contributed by atoms with E-state index >= 15 is 0 Å². The maximum absolute atomic E-state index is 12.9. The van der Waals surface area contributed by atoms with Gasteiger partial charge >= 0.3 is 0 Å². The first-order valence-corrected chi connectivity index (χ1v) is 11.0. The molecule has 6 nitrogen and oxygen atoms in total. The first-order valence-electron chi connectivity index (χ1n) is 11.0. The predicted molar refractivity (Wildman–Crippen MR) is 127 cm³/mol. The fourth-order valence-corrected chi connectivity index (χ4v) is 3.65. The van der Waals surface area contributed by atoms with E-state index in [1.807, 2.05) is 24.3 Å². The third-order valence-electron chi connectivity index (χ3n) is 5.91. The molecule has 0 aliphatic heterocycles. The lowest BCUT2D eigenvalue weighted by atomic mass is 10.0. The lowest BCUT2D eigenvalue weighted by molar-refractivity contribution is -0.121. The van der Waals surface area contributed by atoms with Gasteiger partial charge in [0.05, 0.1) is 5.69 Å². The number of carbonyl (C=O) groups is 1. The molecule has 0 unspecified atom stereocenters. The van der Waals surface area contributed by atoms with Crippen LogP contribution in [0.25, 0.3) is 16.8 Å². The summed E-state index contributed by atoms with van der Waals surface area (Å²) in [6.45, 7) is 7.05. The van der Waals surface area contributed by atoms with E-state index in [1.165, 1.54) is 16.7 Å². The summed E-state index contributed by atoms with van der Waals surface area (Å²) in [5, 5.41) is 7.48. The van der Waals surface area contributed by atoms with Gasteiger partial charge in [-0.2, -0.15) is 5.10 Å². The van der Waals surface area contributed by atoms with E-state index in [0.717, 1.165) is 23.2 Å². The molecule has 2 heterocycles. The van der Waals surface area contributed by atoms with Gasteiger partial charge < -0.3 is 9.88 Å². The summed E-state index contributed by atoms with van der Waals surface area (Å²) in [6.07, 6.45) is 4.67. The van der Waals surface area contributed by atoms with Crippen molar-refractivity contribution in [3.8, 4) is 11.3 Å². The minimum atomic E-state index is -0.155. The van der Waals surface area contributed by atoms with Gasteiger partial charge in [0.15, 0.2) is 0 Å². The van der Waals surface area contributed by atoms with Gasteiger partial charge in [0.2, 0.25) is 5.91 Å². The van der Waals surface area contributed by atoms with Crippen molar-refractivity contribution in [1.82, 2.24) is 19.5 Å². The average molecular weight is 429 g/mol. The minimum Gasteiger partial charge on any atom is -0.352 e. The van der Waals surface area contributed by atoms with Gasteiger partial charge in [0.25, 0.3) is 5.56 Å². The molecule has 1 amide bonds. The highest BCUT2D eigenvalue weighted by molar-refractivity contribution is 5.75. The van der Waals surface area contributed by atoms with Crippen molar-refractivity contribution in [2.24, 2.45) is 0 Å². The van der Waals surface area contributed by atoms with Crippen molar-refractivity contribution in [3.63, 3.8) is 0 Å². The average Bonchev–Trinajstić information content (AvgIpc) is 3.24. The second-order valence-electron chi connectivity index (χ2n) is 8.15. The summed E-state index contributed by atoms with van der Waals surface area (Å²) in [6, 6.07) is 16.2. The fraction of sp³-hybridized carbons (Fsp3) is 0.269. The van der Waals surface area contributed by atoms with Crippen LogP contribution in [-0.4, -0.2) is 20.1 Å². The van der Waals surface area contributed by atoms with Crippen molar-refractivity contribution in [1.29, 1.82) is 0 Å². The molecule has 2 aromatic heterocycles. The summed E-state index contributed by atoms with van der Waals surface area (Å²) in [7, 11) is 0. The summed E-state index contributed by atoms with van der Waals surface area (Å²) in [4.78, 5) is 25.2. The highest BCUT2D eigenvalue weighted by Gasteiger charge is 2.11. The van der Waals surface area contributed by atoms with Gasteiger partial charge in [-0.05, 0) is 54.7 Å². The molecule has 0 saturated heterocycles. The zero-order valence-electron chi connectivity index (χ0n) is 18.8. The van der Waals surface area contributed by atoms with Crippen LogP contribution < -0.4 is 10.9 Å². The quantitative estimate of drug-likeness (QED) is 0.483. The Balaban J connectivity index is 1.42. The van der Waals surface area contributed by atoms with Gasteiger partial charge in [-0.1, -0.05) is 43.3 Å². The van der Waals surface area contributed by atoms with Crippen molar-refractivity contribution in [3.05, 3.63) is 93.5 Å².